The van der Waals surface area contributed by atoms with E-state index in [1.54, 1.807) is 48.5 Å². The summed E-state index contributed by atoms with van der Waals surface area (Å²) in [5.74, 6) is 0.00936. The van der Waals surface area contributed by atoms with Crippen LogP contribution in [0.2, 0.25) is 5.02 Å². The first-order valence-corrected chi connectivity index (χ1v) is 11.9. The Labute approximate surface area is 219 Å². The molecule has 0 aliphatic heterocycles. The maximum absolute atomic E-state index is 13.1. The highest BCUT2D eigenvalue weighted by Gasteiger charge is 2.26. The summed E-state index contributed by atoms with van der Waals surface area (Å²) >= 11 is 5.94. The smallest absolute Gasteiger partial charge is 0.382 e. The molecule has 2 N–H and O–H groups in total. The number of nitrogens with one attached hydrogen (secondary N) is 2. The number of alkyl halides is 3. The van der Waals surface area contributed by atoms with Crippen molar-refractivity contribution in [1.29, 1.82) is 0 Å². The van der Waals surface area contributed by atoms with Crippen molar-refractivity contribution < 1.29 is 22.5 Å². The molecule has 8 nitrogen and oxygen atoms in total. The molecule has 0 fully saturated rings. The summed E-state index contributed by atoms with van der Waals surface area (Å²) in [5, 5.41) is 5.25. The van der Waals surface area contributed by atoms with Gasteiger partial charge in [-0.3, -0.25) is 19.0 Å². The molecule has 12 heteroatoms. The van der Waals surface area contributed by atoms with Crippen molar-refractivity contribution in [1.82, 2.24) is 20.0 Å². The predicted octanol–water partition coefficient (Wildman–Crippen LogP) is 4.71. The van der Waals surface area contributed by atoms with Crippen LogP contribution in [0.1, 0.15) is 40.3 Å². The number of carbonyl (C=O) groups is 1. The van der Waals surface area contributed by atoms with E-state index in [0.717, 1.165) is 0 Å². The summed E-state index contributed by atoms with van der Waals surface area (Å²) in [6, 6.07) is 15.6. The molecule has 0 saturated carbocycles. The largest absolute Gasteiger partial charge is 0.389 e. The SMILES string of the molecule is O=C(NCc1cc(=O)[nH]o1)c1cccc(Cn2c(CCCC(F)(F)F)nc(-c3ccc(Cl)cc3)cc2=O)c1. The predicted molar refractivity (Wildman–Crippen MR) is 134 cm³/mol. The Kier molecular flexibility index (Phi) is 8.16. The number of hydrogen-bond acceptors (Lipinski definition) is 5. The lowest BCUT2D eigenvalue weighted by Gasteiger charge is -2.15. The van der Waals surface area contributed by atoms with Gasteiger partial charge in [0, 0.05) is 41.1 Å². The highest BCUT2D eigenvalue weighted by molar-refractivity contribution is 6.30. The molecule has 0 spiro atoms. The molecule has 4 aromatic rings. The maximum Gasteiger partial charge on any atom is 0.389 e. The van der Waals surface area contributed by atoms with E-state index >= 15 is 0 Å². The van der Waals surface area contributed by atoms with Crippen molar-refractivity contribution in [3.05, 3.63) is 109 Å². The Bertz CT molecular complexity index is 1540. The van der Waals surface area contributed by atoms with Crippen LogP contribution < -0.4 is 16.4 Å². The van der Waals surface area contributed by atoms with Gasteiger partial charge in [-0.2, -0.15) is 18.3 Å². The van der Waals surface area contributed by atoms with Crippen LogP contribution in [-0.2, 0) is 19.5 Å². The molecular formula is C26H22ClF3N4O4. The normalized spacial score (nSPS) is 11.5. The number of aryl methyl sites for hydroxylation is 1. The first kappa shape index (κ1) is 26.9. The van der Waals surface area contributed by atoms with E-state index in [9.17, 15) is 27.6 Å². The number of carbonyl (C=O) groups excluding carboxylic acids is 1. The van der Waals surface area contributed by atoms with Gasteiger partial charge in [0.15, 0.2) is 5.76 Å². The third-order valence-electron chi connectivity index (χ3n) is 5.62. The van der Waals surface area contributed by atoms with E-state index in [-0.39, 0.29) is 43.1 Å². The Morgan fingerprint density at radius 1 is 1.08 bits per heavy atom. The highest BCUT2D eigenvalue weighted by atomic mass is 35.5. The van der Waals surface area contributed by atoms with Gasteiger partial charge in [0.2, 0.25) is 0 Å². The molecule has 0 radical (unpaired) electrons. The first-order chi connectivity index (χ1) is 18.1. The lowest BCUT2D eigenvalue weighted by atomic mass is 10.1. The number of benzene rings is 2. The van der Waals surface area contributed by atoms with Gasteiger partial charge in [0.25, 0.3) is 17.0 Å². The van der Waals surface area contributed by atoms with Crippen LogP contribution in [-0.4, -0.2) is 26.8 Å². The van der Waals surface area contributed by atoms with Gasteiger partial charge in [-0.25, -0.2) is 4.98 Å². The number of aromatic amines is 1. The number of nitrogens with zero attached hydrogens (tertiary/aromatic N) is 2. The quantitative estimate of drug-likeness (QED) is 0.316. The molecule has 1 amide bonds. The van der Waals surface area contributed by atoms with Crippen molar-refractivity contribution in [2.24, 2.45) is 0 Å². The Balaban J connectivity index is 1.58. The monoisotopic (exact) mass is 546 g/mol. The fraction of sp³-hybridized carbons (Fsp3) is 0.231. The van der Waals surface area contributed by atoms with E-state index in [1.807, 2.05) is 0 Å². The number of rotatable bonds is 9. The van der Waals surface area contributed by atoms with E-state index in [4.69, 9.17) is 16.1 Å². The van der Waals surface area contributed by atoms with Gasteiger partial charge in [-0.1, -0.05) is 35.9 Å². The molecular weight excluding hydrogens is 525 g/mol. The van der Waals surface area contributed by atoms with Crippen molar-refractivity contribution in [2.75, 3.05) is 0 Å². The zero-order chi connectivity index (χ0) is 27.3. The molecule has 38 heavy (non-hydrogen) atoms. The van der Waals surface area contributed by atoms with Gasteiger partial charge < -0.3 is 9.84 Å². The molecule has 4 rings (SSSR count). The second-order valence-corrected chi connectivity index (χ2v) is 8.96. The van der Waals surface area contributed by atoms with Crippen LogP contribution in [0.15, 0.2) is 74.8 Å². The fourth-order valence-electron chi connectivity index (χ4n) is 3.80. The second-order valence-electron chi connectivity index (χ2n) is 8.52. The minimum absolute atomic E-state index is 0.00187. The second kappa shape index (κ2) is 11.5. The van der Waals surface area contributed by atoms with Crippen LogP contribution in [0.3, 0.4) is 0 Å². The number of amides is 1. The average molecular weight is 547 g/mol. The number of aromatic nitrogens is 3. The third kappa shape index (κ3) is 7.22. The van der Waals surface area contributed by atoms with Gasteiger partial charge in [0.1, 0.15) is 5.82 Å². The topological polar surface area (TPSA) is 110 Å². The molecule has 0 saturated heterocycles. The molecule has 0 aliphatic carbocycles. The van der Waals surface area contributed by atoms with Gasteiger partial charge in [-0.05, 0) is 36.2 Å². The van der Waals surface area contributed by atoms with Crippen molar-refractivity contribution in [2.45, 2.75) is 38.5 Å². The van der Waals surface area contributed by atoms with Gasteiger partial charge in [0.05, 0.1) is 18.8 Å². The Morgan fingerprint density at radius 3 is 2.53 bits per heavy atom. The highest BCUT2D eigenvalue weighted by Crippen LogP contribution is 2.24. The van der Waals surface area contributed by atoms with Crippen LogP contribution in [0.5, 0.6) is 0 Å². The molecule has 0 unspecified atom stereocenters. The summed E-state index contributed by atoms with van der Waals surface area (Å²) in [4.78, 5) is 41.3. The minimum Gasteiger partial charge on any atom is -0.382 e. The van der Waals surface area contributed by atoms with E-state index < -0.39 is 29.6 Å². The zero-order valence-corrected chi connectivity index (χ0v) is 20.6. The van der Waals surface area contributed by atoms with E-state index in [2.05, 4.69) is 15.5 Å². The van der Waals surface area contributed by atoms with Crippen LogP contribution in [0, 0.1) is 0 Å². The molecule has 0 atom stereocenters. The number of hydrogen-bond donors (Lipinski definition) is 2. The molecule has 2 heterocycles. The van der Waals surface area contributed by atoms with E-state index in [0.29, 0.717) is 21.8 Å². The van der Waals surface area contributed by atoms with Crippen molar-refractivity contribution >= 4 is 17.5 Å². The lowest BCUT2D eigenvalue weighted by molar-refractivity contribution is -0.135. The summed E-state index contributed by atoms with van der Waals surface area (Å²) < 4.78 is 44.6. The molecule has 198 valence electrons. The Morgan fingerprint density at radius 2 is 1.84 bits per heavy atom. The molecule has 2 aromatic heterocycles. The zero-order valence-electron chi connectivity index (χ0n) is 19.8. The number of halogens is 4. The summed E-state index contributed by atoms with van der Waals surface area (Å²) in [7, 11) is 0. The summed E-state index contributed by atoms with van der Waals surface area (Å²) in [5.41, 5.74) is 0.929. The molecule has 0 bridgehead atoms. The van der Waals surface area contributed by atoms with Crippen molar-refractivity contribution in [3.63, 3.8) is 0 Å². The average Bonchev–Trinajstić information content (AvgIpc) is 3.29. The van der Waals surface area contributed by atoms with Gasteiger partial charge >= 0.3 is 6.18 Å². The van der Waals surface area contributed by atoms with Gasteiger partial charge in [-0.15, -0.1) is 0 Å². The van der Waals surface area contributed by atoms with Crippen LogP contribution >= 0.6 is 11.6 Å². The molecule has 0 aliphatic rings. The standard InChI is InChI=1S/C26H22ClF3N4O4/c27-19-8-6-17(7-9-19)21-13-24(36)34(22(32-21)5-2-10-26(28,29)30)15-16-3-1-4-18(11-16)25(37)31-14-20-12-23(35)33-38-20/h1,3-4,6-9,11-13H,2,5,10,14-15H2,(H,31,37)(H,33,35). The van der Waals surface area contributed by atoms with Crippen molar-refractivity contribution in [3.8, 4) is 11.3 Å². The fourth-order valence-corrected chi connectivity index (χ4v) is 3.93. The van der Waals surface area contributed by atoms with Crippen LogP contribution in [0.25, 0.3) is 11.3 Å². The lowest BCUT2D eigenvalue weighted by Crippen LogP contribution is -2.26. The minimum atomic E-state index is -4.33. The van der Waals surface area contributed by atoms with Crippen LogP contribution in [0.4, 0.5) is 13.2 Å². The number of H-pyrrole nitrogens is 1. The third-order valence-corrected chi connectivity index (χ3v) is 5.87. The first-order valence-electron chi connectivity index (χ1n) is 11.6. The maximum atomic E-state index is 13.1. The molecule has 2 aromatic carbocycles. The summed E-state index contributed by atoms with van der Waals surface area (Å²) in [6.45, 7) is -0.0113. The Hall–Kier alpha value is -4.12. The van der Waals surface area contributed by atoms with E-state index in [1.165, 1.54) is 16.7 Å². The summed E-state index contributed by atoms with van der Waals surface area (Å²) in [6.07, 6.45) is -5.65.